The third-order valence-corrected chi connectivity index (χ3v) is 5.82. The van der Waals surface area contributed by atoms with Crippen LogP contribution >= 0.6 is 0 Å². The topological polar surface area (TPSA) is 82.2 Å². The van der Waals surface area contributed by atoms with Crippen LogP contribution in [0.25, 0.3) is 33.3 Å². The number of nitrogens with zero attached hydrogens (tertiary/aromatic N) is 4. The number of nitrogens with one attached hydrogen (secondary N) is 1. The van der Waals surface area contributed by atoms with Crippen molar-refractivity contribution in [3.63, 3.8) is 0 Å². The number of hydrogen-bond donors (Lipinski definition) is 1. The molecule has 1 saturated heterocycles. The van der Waals surface area contributed by atoms with Gasteiger partial charge in [-0.15, -0.1) is 0 Å². The van der Waals surface area contributed by atoms with Gasteiger partial charge in [-0.3, -0.25) is 14.6 Å². The van der Waals surface area contributed by atoms with E-state index in [4.69, 9.17) is 0 Å². The van der Waals surface area contributed by atoms with Crippen molar-refractivity contribution >= 4 is 28.5 Å². The highest BCUT2D eigenvalue weighted by molar-refractivity contribution is 6.01. The minimum absolute atomic E-state index is 0.0880. The van der Waals surface area contributed by atoms with E-state index in [0.29, 0.717) is 12.0 Å². The summed E-state index contributed by atoms with van der Waals surface area (Å²) in [5, 5.41) is 0.875. The van der Waals surface area contributed by atoms with Crippen molar-refractivity contribution in [1.82, 2.24) is 19.9 Å². The Hall–Kier alpha value is -4.00. The van der Waals surface area contributed by atoms with Gasteiger partial charge in [0.2, 0.25) is 5.91 Å². The van der Waals surface area contributed by atoms with Crippen LogP contribution < -0.4 is 4.90 Å². The number of benzene rings is 1. The molecule has 32 heavy (non-hydrogen) atoms. The summed E-state index contributed by atoms with van der Waals surface area (Å²) < 4.78 is 0. The summed E-state index contributed by atoms with van der Waals surface area (Å²) >= 11 is 0. The number of pyridine rings is 2. The number of carbonyl (C=O) groups excluding carboxylic acids is 2. The number of hydrogen-bond acceptors (Lipinski definition) is 4. The SMILES string of the molecule is CN(C)C(=O)c1cnc2[nH]cc(-c3cncc(-c4ccc(N5CCCC5=O)cc4)c3)c2c1. The Kier molecular flexibility index (Phi) is 4.93. The van der Waals surface area contributed by atoms with Crippen molar-refractivity contribution in [2.24, 2.45) is 0 Å². The molecule has 4 aromatic rings. The first-order valence-electron chi connectivity index (χ1n) is 10.6. The van der Waals surface area contributed by atoms with Crippen molar-refractivity contribution in [3.05, 3.63) is 66.7 Å². The standard InChI is InChI=1S/C25H23N5O2/c1-29(2)25(32)19-11-21-22(15-28-24(21)27-14-19)18-10-17(12-26-13-18)16-5-7-20(8-6-16)30-9-3-4-23(30)31/h5-8,10-15H,3-4,9H2,1-2H3,(H,27,28). The van der Waals surface area contributed by atoms with E-state index < -0.39 is 0 Å². The first-order valence-corrected chi connectivity index (χ1v) is 10.6. The third kappa shape index (κ3) is 3.51. The Morgan fingerprint density at radius 3 is 2.53 bits per heavy atom. The van der Waals surface area contributed by atoms with Crippen molar-refractivity contribution < 1.29 is 9.59 Å². The fourth-order valence-electron chi connectivity index (χ4n) is 4.12. The second kappa shape index (κ2) is 7.92. The van der Waals surface area contributed by atoms with E-state index in [-0.39, 0.29) is 11.8 Å². The maximum atomic E-state index is 12.4. The van der Waals surface area contributed by atoms with E-state index in [0.717, 1.165) is 51.9 Å². The molecule has 5 rings (SSSR count). The summed E-state index contributed by atoms with van der Waals surface area (Å²) in [5.74, 6) is 0.0940. The first-order chi connectivity index (χ1) is 15.5. The van der Waals surface area contributed by atoms with Crippen LogP contribution in [0.4, 0.5) is 5.69 Å². The molecule has 0 aliphatic carbocycles. The minimum Gasteiger partial charge on any atom is -0.346 e. The molecule has 4 heterocycles. The number of amides is 2. The molecule has 0 saturated carbocycles. The maximum absolute atomic E-state index is 12.4. The summed E-state index contributed by atoms with van der Waals surface area (Å²) in [6.07, 6.45) is 8.65. The predicted octanol–water partition coefficient (Wildman–Crippen LogP) is 4.12. The smallest absolute Gasteiger partial charge is 0.254 e. The van der Waals surface area contributed by atoms with Gasteiger partial charge in [-0.25, -0.2) is 4.98 Å². The van der Waals surface area contributed by atoms with E-state index in [1.165, 1.54) is 4.90 Å². The number of aromatic amines is 1. The van der Waals surface area contributed by atoms with Crippen LogP contribution in [0.3, 0.4) is 0 Å². The van der Waals surface area contributed by atoms with E-state index in [1.807, 2.05) is 53.8 Å². The van der Waals surface area contributed by atoms with Crippen LogP contribution in [-0.4, -0.2) is 52.3 Å². The molecule has 0 bridgehead atoms. The predicted molar refractivity (Wildman–Crippen MR) is 124 cm³/mol. The van der Waals surface area contributed by atoms with Gasteiger partial charge in [0.1, 0.15) is 5.65 Å². The Morgan fingerprint density at radius 1 is 1.03 bits per heavy atom. The molecule has 0 atom stereocenters. The zero-order valence-corrected chi connectivity index (χ0v) is 18.0. The number of fused-ring (bicyclic) bond motifs is 1. The molecule has 1 aliphatic heterocycles. The molecule has 1 N–H and O–H groups in total. The number of anilines is 1. The Morgan fingerprint density at radius 2 is 1.81 bits per heavy atom. The van der Waals surface area contributed by atoms with Gasteiger partial charge in [-0.05, 0) is 36.2 Å². The van der Waals surface area contributed by atoms with Gasteiger partial charge < -0.3 is 14.8 Å². The van der Waals surface area contributed by atoms with Gasteiger partial charge in [0.25, 0.3) is 5.91 Å². The maximum Gasteiger partial charge on any atom is 0.254 e. The normalized spacial score (nSPS) is 13.7. The van der Waals surface area contributed by atoms with Gasteiger partial charge in [0, 0.05) is 79.6 Å². The average Bonchev–Trinajstić information content (AvgIpc) is 3.44. The Labute approximate surface area is 185 Å². The number of carbonyl (C=O) groups is 2. The molecule has 3 aromatic heterocycles. The number of rotatable bonds is 4. The third-order valence-electron chi connectivity index (χ3n) is 5.82. The van der Waals surface area contributed by atoms with E-state index >= 15 is 0 Å². The second-order valence-corrected chi connectivity index (χ2v) is 8.18. The lowest BCUT2D eigenvalue weighted by molar-refractivity contribution is -0.117. The van der Waals surface area contributed by atoms with E-state index in [2.05, 4.69) is 21.0 Å². The zero-order valence-electron chi connectivity index (χ0n) is 18.0. The summed E-state index contributed by atoms with van der Waals surface area (Å²) in [7, 11) is 3.45. The first kappa shape index (κ1) is 19.9. The van der Waals surface area contributed by atoms with Crippen molar-refractivity contribution in [1.29, 1.82) is 0 Å². The van der Waals surface area contributed by atoms with Gasteiger partial charge >= 0.3 is 0 Å². The zero-order chi connectivity index (χ0) is 22.2. The summed E-state index contributed by atoms with van der Waals surface area (Å²) in [6.45, 7) is 0.780. The molecule has 0 radical (unpaired) electrons. The van der Waals surface area contributed by atoms with E-state index in [1.54, 1.807) is 20.3 Å². The Bertz CT molecular complexity index is 1320. The summed E-state index contributed by atoms with van der Waals surface area (Å²) in [4.78, 5) is 39.8. The van der Waals surface area contributed by atoms with Crippen molar-refractivity contribution in [2.75, 3.05) is 25.5 Å². The molecular weight excluding hydrogens is 402 g/mol. The fourth-order valence-corrected chi connectivity index (χ4v) is 4.12. The van der Waals surface area contributed by atoms with Crippen LogP contribution in [0.1, 0.15) is 23.2 Å². The molecule has 1 aromatic carbocycles. The van der Waals surface area contributed by atoms with Crippen LogP contribution in [0.2, 0.25) is 0 Å². The van der Waals surface area contributed by atoms with Crippen LogP contribution in [-0.2, 0) is 4.79 Å². The molecular formula is C25H23N5O2. The van der Waals surface area contributed by atoms with Crippen LogP contribution in [0, 0.1) is 0 Å². The lowest BCUT2D eigenvalue weighted by Crippen LogP contribution is -2.23. The molecule has 0 spiro atoms. The number of H-pyrrole nitrogens is 1. The minimum atomic E-state index is -0.0880. The molecule has 1 fully saturated rings. The lowest BCUT2D eigenvalue weighted by Gasteiger charge is -2.16. The van der Waals surface area contributed by atoms with Gasteiger partial charge in [-0.2, -0.15) is 0 Å². The quantitative estimate of drug-likeness (QED) is 0.533. The average molecular weight is 425 g/mol. The van der Waals surface area contributed by atoms with Gasteiger partial charge in [-0.1, -0.05) is 12.1 Å². The van der Waals surface area contributed by atoms with E-state index in [9.17, 15) is 9.59 Å². The molecule has 1 aliphatic rings. The fraction of sp³-hybridized carbons (Fsp3) is 0.200. The molecule has 160 valence electrons. The highest BCUT2D eigenvalue weighted by atomic mass is 16.2. The lowest BCUT2D eigenvalue weighted by atomic mass is 10.0. The largest absolute Gasteiger partial charge is 0.346 e. The van der Waals surface area contributed by atoms with Gasteiger partial charge in [0.05, 0.1) is 5.56 Å². The highest BCUT2D eigenvalue weighted by Crippen LogP contribution is 2.32. The Balaban J connectivity index is 1.49. The number of aromatic nitrogens is 3. The second-order valence-electron chi connectivity index (χ2n) is 8.18. The van der Waals surface area contributed by atoms with Crippen LogP contribution in [0.5, 0.6) is 0 Å². The van der Waals surface area contributed by atoms with Crippen molar-refractivity contribution in [3.8, 4) is 22.3 Å². The molecule has 2 amide bonds. The molecule has 0 unspecified atom stereocenters. The van der Waals surface area contributed by atoms with Crippen LogP contribution in [0.15, 0.2) is 61.2 Å². The molecule has 7 nitrogen and oxygen atoms in total. The van der Waals surface area contributed by atoms with Crippen molar-refractivity contribution in [2.45, 2.75) is 12.8 Å². The highest BCUT2D eigenvalue weighted by Gasteiger charge is 2.21. The monoisotopic (exact) mass is 425 g/mol. The summed E-state index contributed by atoms with van der Waals surface area (Å²) in [5.41, 5.74) is 6.07. The summed E-state index contributed by atoms with van der Waals surface area (Å²) in [6, 6.07) is 12.0. The van der Waals surface area contributed by atoms with Gasteiger partial charge in [0.15, 0.2) is 0 Å². The molecule has 7 heteroatoms.